The minimum atomic E-state index is -0.140. The maximum Gasteiger partial charge on any atom is 0.207 e. The van der Waals surface area contributed by atoms with Gasteiger partial charge in [-0.1, -0.05) is 20.3 Å². The van der Waals surface area contributed by atoms with Crippen LogP contribution in [-0.4, -0.2) is 44.4 Å². The summed E-state index contributed by atoms with van der Waals surface area (Å²) in [4.78, 5) is 18.7. The Balaban J connectivity index is 2.35. The standard InChI is InChI=1S/C16H26N6O2/c1-3-11(2)7-12(8-23)22-16-14(15(17)19-9-20-16)13(21-22)5-4-6-18-10-24/h9-12,23H,3-8H2,1-2H3,(H,18,24)(H2,17,19,20). The van der Waals surface area contributed by atoms with E-state index >= 15 is 0 Å². The molecule has 2 rings (SSSR count). The van der Waals surface area contributed by atoms with Crippen LogP contribution in [0.2, 0.25) is 0 Å². The van der Waals surface area contributed by atoms with E-state index in [1.54, 1.807) is 4.68 Å². The second-order valence-corrected chi connectivity index (χ2v) is 6.11. The topological polar surface area (TPSA) is 119 Å². The van der Waals surface area contributed by atoms with E-state index in [4.69, 9.17) is 5.73 Å². The number of anilines is 1. The summed E-state index contributed by atoms with van der Waals surface area (Å²) >= 11 is 0. The van der Waals surface area contributed by atoms with Gasteiger partial charge in [0, 0.05) is 6.54 Å². The van der Waals surface area contributed by atoms with E-state index in [0.717, 1.165) is 30.3 Å². The fraction of sp³-hybridized carbons (Fsp3) is 0.625. The smallest absolute Gasteiger partial charge is 0.207 e. The van der Waals surface area contributed by atoms with Gasteiger partial charge in [0.2, 0.25) is 6.41 Å². The van der Waals surface area contributed by atoms with Crippen LogP contribution in [0.15, 0.2) is 6.33 Å². The number of hydrogen-bond acceptors (Lipinski definition) is 6. The monoisotopic (exact) mass is 334 g/mol. The van der Waals surface area contributed by atoms with Crippen molar-refractivity contribution in [1.82, 2.24) is 25.1 Å². The average Bonchev–Trinajstić information content (AvgIpc) is 2.96. The molecular weight excluding hydrogens is 308 g/mol. The Kier molecular flexibility index (Phi) is 6.48. The fourth-order valence-corrected chi connectivity index (χ4v) is 2.80. The molecule has 0 saturated heterocycles. The quantitative estimate of drug-likeness (QED) is 0.441. The lowest BCUT2D eigenvalue weighted by Gasteiger charge is -2.19. The van der Waals surface area contributed by atoms with Gasteiger partial charge in [-0.3, -0.25) is 4.79 Å². The predicted octanol–water partition coefficient (Wildman–Crippen LogP) is 1.06. The van der Waals surface area contributed by atoms with E-state index in [1.807, 2.05) is 0 Å². The Morgan fingerprint density at radius 3 is 2.92 bits per heavy atom. The number of fused-ring (bicyclic) bond motifs is 1. The molecule has 2 atom stereocenters. The van der Waals surface area contributed by atoms with Crippen LogP contribution in [0.3, 0.4) is 0 Å². The number of carbonyl (C=O) groups is 1. The van der Waals surface area contributed by atoms with Crippen molar-refractivity contribution >= 4 is 23.3 Å². The number of aliphatic hydroxyl groups excluding tert-OH is 1. The molecule has 0 aliphatic carbocycles. The number of nitrogens with zero attached hydrogens (tertiary/aromatic N) is 4. The highest BCUT2D eigenvalue weighted by atomic mass is 16.3. The predicted molar refractivity (Wildman–Crippen MR) is 92.3 cm³/mol. The van der Waals surface area contributed by atoms with E-state index in [9.17, 15) is 9.90 Å². The van der Waals surface area contributed by atoms with Crippen molar-refractivity contribution < 1.29 is 9.90 Å². The lowest BCUT2D eigenvalue weighted by atomic mass is 10.00. The zero-order valence-electron chi connectivity index (χ0n) is 14.3. The normalized spacial score (nSPS) is 13.8. The SMILES string of the molecule is CCC(C)CC(CO)n1nc(CCCNC=O)c2c(N)ncnc21. The van der Waals surface area contributed by atoms with Crippen molar-refractivity contribution in [3.8, 4) is 0 Å². The summed E-state index contributed by atoms with van der Waals surface area (Å²) in [6.45, 7) is 4.86. The molecule has 2 aromatic rings. The second kappa shape index (κ2) is 8.58. The Bertz CT molecular complexity index is 672. The number of aromatic nitrogens is 4. The number of amides is 1. The summed E-state index contributed by atoms with van der Waals surface area (Å²) in [5, 5.41) is 17.9. The Hall–Kier alpha value is -2.22. The zero-order chi connectivity index (χ0) is 17.5. The van der Waals surface area contributed by atoms with Crippen molar-refractivity contribution in [1.29, 1.82) is 0 Å². The summed E-state index contributed by atoms with van der Waals surface area (Å²) in [7, 11) is 0. The Labute approximate surface area is 141 Å². The lowest BCUT2D eigenvalue weighted by molar-refractivity contribution is -0.109. The number of rotatable bonds is 10. The van der Waals surface area contributed by atoms with E-state index in [0.29, 0.717) is 36.8 Å². The molecule has 4 N–H and O–H groups in total. The molecular formula is C16H26N6O2. The van der Waals surface area contributed by atoms with Gasteiger partial charge in [0.25, 0.3) is 0 Å². The minimum absolute atomic E-state index is 0.00281. The number of carbonyl (C=O) groups excluding carboxylic acids is 1. The average molecular weight is 334 g/mol. The van der Waals surface area contributed by atoms with E-state index in [-0.39, 0.29) is 12.6 Å². The summed E-state index contributed by atoms with van der Waals surface area (Å²) in [6, 6.07) is -0.140. The van der Waals surface area contributed by atoms with E-state index in [1.165, 1.54) is 6.33 Å². The van der Waals surface area contributed by atoms with Crippen molar-refractivity contribution in [3.63, 3.8) is 0 Å². The molecule has 2 unspecified atom stereocenters. The molecule has 1 amide bonds. The molecule has 0 aliphatic rings. The number of nitrogen functional groups attached to an aromatic ring is 1. The first-order valence-corrected chi connectivity index (χ1v) is 8.37. The molecule has 0 aromatic carbocycles. The maximum absolute atomic E-state index is 10.3. The van der Waals surface area contributed by atoms with Crippen molar-refractivity contribution in [2.75, 3.05) is 18.9 Å². The van der Waals surface area contributed by atoms with Crippen LogP contribution in [0.25, 0.3) is 11.0 Å². The third-order valence-corrected chi connectivity index (χ3v) is 4.34. The number of nitrogens with one attached hydrogen (secondary N) is 1. The first kappa shape index (κ1) is 18.1. The second-order valence-electron chi connectivity index (χ2n) is 6.11. The van der Waals surface area contributed by atoms with Gasteiger partial charge in [-0.2, -0.15) is 5.10 Å². The van der Waals surface area contributed by atoms with Gasteiger partial charge in [0.15, 0.2) is 5.65 Å². The third kappa shape index (κ3) is 4.00. The molecule has 2 aromatic heterocycles. The number of aliphatic hydroxyl groups is 1. The van der Waals surface area contributed by atoms with Crippen LogP contribution in [0, 0.1) is 5.92 Å². The minimum Gasteiger partial charge on any atom is -0.394 e. The summed E-state index contributed by atoms with van der Waals surface area (Å²) < 4.78 is 1.78. The summed E-state index contributed by atoms with van der Waals surface area (Å²) in [5.74, 6) is 0.866. The third-order valence-electron chi connectivity index (χ3n) is 4.34. The Morgan fingerprint density at radius 2 is 2.25 bits per heavy atom. The van der Waals surface area contributed by atoms with Crippen LogP contribution in [0.5, 0.6) is 0 Å². The molecule has 0 spiro atoms. The van der Waals surface area contributed by atoms with Crippen LogP contribution < -0.4 is 11.1 Å². The van der Waals surface area contributed by atoms with Crippen LogP contribution >= 0.6 is 0 Å². The van der Waals surface area contributed by atoms with E-state index in [2.05, 4.69) is 34.2 Å². The van der Waals surface area contributed by atoms with Crippen molar-refractivity contribution in [3.05, 3.63) is 12.0 Å². The molecule has 132 valence electrons. The van der Waals surface area contributed by atoms with Crippen LogP contribution in [0.4, 0.5) is 5.82 Å². The van der Waals surface area contributed by atoms with Gasteiger partial charge in [0.1, 0.15) is 12.1 Å². The molecule has 0 saturated carbocycles. The zero-order valence-corrected chi connectivity index (χ0v) is 14.3. The summed E-state index contributed by atoms with van der Waals surface area (Å²) in [6.07, 6.45) is 5.36. The van der Waals surface area contributed by atoms with Gasteiger partial charge in [-0.05, 0) is 25.2 Å². The van der Waals surface area contributed by atoms with Gasteiger partial charge >= 0.3 is 0 Å². The molecule has 8 heteroatoms. The molecule has 24 heavy (non-hydrogen) atoms. The highest BCUT2D eigenvalue weighted by Gasteiger charge is 2.21. The molecule has 0 fully saturated rings. The van der Waals surface area contributed by atoms with Gasteiger partial charge in [0.05, 0.1) is 23.7 Å². The number of aryl methyl sites for hydroxylation is 1. The molecule has 0 aliphatic heterocycles. The molecule has 8 nitrogen and oxygen atoms in total. The molecule has 0 radical (unpaired) electrons. The van der Waals surface area contributed by atoms with Gasteiger partial charge in [-0.25, -0.2) is 14.6 Å². The van der Waals surface area contributed by atoms with Crippen molar-refractivity contribution in [2.24, 2.45) is 5.92 Å². The highest BCUT2D eigenvalue weighted by molar-refractivity contribution is 5.88. The molecule has 0 bridgehead atoms. The van der Waals surface area contributed by atoms with Crippen LogP contribution in [0.1, 0.15) is 44.8 Å². The molecule has 2 heterocycles. The first-order chi connectivity index (χ1) is 11.6. The van der Waals surface area contributed by atoms with Gasteiger partial charge in [-0.15, -0.1) is 0 Å². The fourth-order valence-electron chi connectivity index (χ4n) is 2.80. The maximum atomic E-state index is 10.3. The summed E-state index contributed by atoms with van der Waals surface area (Å²) in [5.41, 5.74) is 7.49. The van der Waals surface area contributed by atoms with Gasteiger partial charge < -0.3 is 16.2 Å². The van der Waals surface area contributed by atoms with Crippen molar-refractivity contribution in [2.45, 2.75) is 45.6 Å². The van der Waals surface area contributed by atoms with E-state index < -0.39 is 0 Å². The highest BCUT2D eigenvalue weighted by Crippen LogP contribution is 2.27. The van der Waals surface area contributed by atoms with Crippen LogP contribution in [-0.2, 0) is 11.2 Å². The number of nitrogens with two attached hydrogens (primary N) is 1. The lowest BCUT2D eigenvalue weighted by Crippen LogP contribution is -2.18. The Morgan fingerprint density at radius 1 is 1.46 bits per heavy atom. The first-order valence-electron chi connectivity index (χ1n) is 8.37. The number of hydrogen-bond donors (Lipinski definition) is 3. The largest absolute Gasteiger partial charge is 0.394 e.